The van der Waals surface area contributed by atoms with Gasteiger partial charge in [0, 0.05) is 22.7 Å². The van der Waals surface area contributed by atoms with Crippen LogP contribution in [-0.4, -0.2) is 27.5 Å². The molecule has 3 aromatic rings. The van der Waals surface area contributed by atoms with E-state index in [9.17, 15) is 5.11 Å². The van der Waals surface area contributed by atoms with Gasteiger partial charge >= 0.3 is 0 Å². The Morgan fingerprint density at radius 3 is 2.55 bits per heavy atom. The lowest BCUT2D eigenvalue weighted by molar-refractivity contribution is -0.121. The third-order valence-corrected chi connectivity index (χ3v) is 7.15. The van der Waals surface area contributed by atoms with Crippen molar-refractivity contribution in [1.29, 1.82) is 0 Å². The van der Waals surface area contributed by atoms with Crippen molar-refractivity contribution in [3.05, 3.63) is 64.5 Å². The number of aromatic nitrogens is 2. The highest BCUT2D eigenvalue weighted by atomic mass is 35.5. The standard InChI is InChI=1S/C25H31ClN4O/c1-15-6-5-7-19(8-15)17(3)28-23-21-10-20(9-16(2)22(21)29-18(4)30-23)25(31)11-24(12-25,13-26)14-27/h5-10,17,31H,11-14,27H2,1-4H3,(H,28,29,30)/t17-,24?,25?/m1/s1. The normalized spacial score (nSPS) is 24.1. The Kier molecular flexibility index (Phi) is 5.71. The number of anilines is 1. The van der Waals surface area contributed by atoms with E-state index < -0.39 is 5.60 Å². The van der Waals surface area contributed by atoms with Crippen LogP contribution < -0.4 is 11.1 Å². The maximum atomic E-state index is 11.3. The second-order valence-electron chi connectivity index (χ2n) is 9.31. The van der Waals surface area contributed by atoms with Crippen LogP contribution in [-0.2, 0) is 5.60 Å². The minimum absolute atomic E-state index is 0.0780. The molecule has 6 heteroatoms. The maximum absolute atomic E-state index is 11.3. The van der Waals surface area contributed by atoms with Crippen LogP contribution in [0.25, 0.3) is 10.9 Å². The lowest BCUT2D eigenvalue weighted by Gasteiger charge is -2.52. The summed E-state index contributed by atoms with van der Waals surface area (Å²) in [5.41, 5.74) is 10.1. The van der Waals surface area contributed by atoms with E-state index in [1.54, 1.807) is 0 Å². The summed E-state index contributed by atoms with van der Waals surface area (Å²) in [5.74, 6) is 1.96. The quantitative estimate of drug-likeness (QED) is 0.477. The molecular formula is C25H31ClN4O. The fourth-order valence-electron chi connectivity index (χ4n) is 4.81. The van der Waals surface area contributed by atoms with Crippen molar-refractivity contribution < 1.29 is 5.11 Å². The monoisotopic (exact) mass is 438 g/mol. The molecule has 0 aliphatic heterocycles. The Morgan fingerprint density at radius 1 is 1.16 bits per heavy atom. The number of halogens is 1. The molecule has 0 amide bonds. The first-order valence-electron chi connectivity index (χ1n) is 10.8. The molecule has 5 nitrogen and oxygen atoms in total. The molecule has 1 aliphatic carbocycles. The molecule has 0 bridgehead atoms. The fourth-order valence-corrected chi connectivity index (χ4v) is 5.11. The van der Waals surface area contributed by atoms with Gasteiger partial charge in [-0.05, 0) is 69.8 Å². The summed E-state index contributed by atoms with van der Waals surface area (Å²) >= 11 is 6.15. The van der Waals surface area contributed by atoms with Crippen LogP contribution in [0.2, 0.25) is 0 Å². The number of nitrogens with one attached hydrogen (secondary N) is 1. The van der Waals surface area contributed by atoms with Crippen LogP contribution in [0.3, 0.4) is 0 Å². The van der Waals surface area contributed by atoms with Gasteiger partial charge in [-0.15, -0.1) is 11.6 Å². The van der Waals surface area contributed by atoms with E-state index in [2.05, 4.69) is 48.4 Å². The molecule has 0 radical (unpaired) electrons. The number of aryl methyl sites for hydroxylation is 3. The molecule has 31 heavy (non-hydrogen) atoms. The first-order chi connectivity index (χ1) is 14.7. The highest BCUT2D eigenvalue weighted by molar-refractivity contribution is 6.18. The molecule has 1 aliphatic rings. The first-order valence-corrected chi connectivity index (χ1v) is 11.3. The summed E-state index contributed by atoms with van der Waals surface area (Å²) in [7, 11) is 0. The number of alkyl halides is 1. The van der Waals surface area contributed by atoms with Gasteiger partial charge in [0.1, 0.15) is 11.6 Å². The average molecular weight is 439 g/mol. The molecule has 0 unspecified atom stereocenters. The summed E-state index contributed by atoms with van der Waals surface area (Å²) in [5, 5.41) is 15.8. The Bertz CT molecular complexity index is 1120. The number of nitrogens with zero attached hydrogens (tertiary/aromatic N) is 2. The van der Waals surface area contributed by atoms with Crippen LogP contribution in [0.5, 0.6) is 0 Å². The maximum Gasteiger partial charge on any atom is 0.138 e. The van der Waals surface area contributed by atoms with Gasteiger partial charge in [-0.25, -0.2) is 9.97 Å². The summed E-state index contributed by atoms with van der Waals surface area (Å²) in [6, 6.07) is 12.6. The van der Waals surface area contributed by atoms with Crippen molar-refractivity contribution in [3.63, 3.8) is 0 Å². The van der Waals surface area contributed by atoms with Crippen LogP contribution in [0.1, 0.15) is 53.9 Å². The van der Waals surface area contributed by atoms with Gasteiger partial charge in [0.05, 0.1) is 11.1 Å². The predicted octanol–water partition coefficient (Wildman–Crippen LogP) is 4.89. The number of nitrogens with two attached hydrogens (primary N) is 1. The Labute approximate surface area is 189 Å². The molecule has 1 saturated carbocycles. The smallest absolute Gasteiger partial charge is 0.138 e. The van der Waals surface area contributed by atoms with Crippen molar-refractivity contribution in [2.75, 3.05) is 17.7 Å². The molecular weight excluding hydrogens is 408 g/mol. The van der Waals surface area contributed by atoms with E-state index in [0.29, 0.717) is 31.1 Å². The summed E-state index contributed by atoms with van der Waals surface area (Å²) < 4.78 is 0. The molecule has 2 aromatic carbocycles. The molecule has 4 rings (SSSR count). The molecule has 0 saturated heterocycles. The second kappa shape index (κ2) is 8.05. The van der Waals surface area contributed by atoms with Crippen LogP contribution in [0.15, 0.2) is 36.4 Å². The third-order valence-electron chi connectivity index (χ3n) is 6.59. The van der Waals surface area contributed by atoms with E-state index in [-0.39, 0.29) is 11.5 Å². The number of fused-ring (bicyclic) bond motifs is 1. The zero-order valence-electron chi connectivity index (χ0n) is 18.7. The van der Waals surface area contributed by atoms with Crippen molar-refractivity contribution in [2.24, 2.45) is 11.1 Å². The van der Waals surface area contributed by atoms with E-state index >= 15 is 0 Å². The predicted molar refractivity (Wildman–Crippen MR) is 128 cm³/mol. The lowest BCUT2D eigenvalue weighted by Crippen LogP contribution is -2.54. The van der Waals surface area contributed by atoms with Crippen LogP contribution >= 0.6 is 11.6 Å². The number of hydrogen-bond donors (Lipinski definition) is 3. The SMILES string of the molecule is Cc1cccc([C@@H](C)Nc2nc(C)nc3c(C)cc(C4(O)CC(CN)(CCl)C4)cc23)c1. The van der Waals surface area contributed by atoms with Gasteiger partial charge in [0.2, 0.25) is 0 Å². The highest BCUT2D eigenvalue weighted by Gasteiger charge is 2.53. The fraction of sp³-hybridized carbons (Fsp3) is 0.440. The molecule has 1 heterocycles. The zero-order valence-corrected chi connectivity index (χ0v) is 19.4. The molecule has 1 aromatic heterocycles. The summed E-state index contributed by atoms with van der Waals surface area (Å²) in [6.45, 7) is 8.65. The van der Waals surface area contributed by atoms with Gasteiger partial charge in [0.25, 0.3) is 0 Å². The first kappa shape index (κ1) is 22.0. The summed E-state index contributed by atoms with van der Waals surface area (Å²) in [4.78, 5) is 9.40. The topological polar surface area (TPSA) is 84.1 Å². The summed E-state index contributed by atoms with van der Waals surface area (Å²) in [6.07, 6.45) is 1.14. The van der Waals surface area contributed by atoms with Crippen LogP contribution in [0.4, 0.5) is 5.82 Å². The molecule has 1 atom stereocenters. The number of benzene rings is 2. The number of hydrogen-bond acceptors (Lipinski definition) is 5. The van der Waals surface area contributed by atoms with E-state index in [4.69, 9.17) is 22.3 Å². The van der Waals surface area contributed by atoms with Gasteiger partial charge in [0.15, 0.2) is 0 Å². The Balaban J connectivity index is 1.74. The lowest BCUT2D eigenvalue weighted by atomic mass is 9.57. The third kappa shape index (κ3) is 4.02. The number of rotatable bonds is 6. The van der Waals surface area contributed by atoms with E-state index in [0.717, 1.165) is 27.8 Å². The van der Waals surface area contributed by atoms with Crippen molar-refractivity contribution >= 4 is 28.3 Å². The van der Waals surface area contributed by atoms with Gasteiger partial charge < -0.3 is 16.2 Å². The Hall–Kier alpha value is -2.21. The van der Waals surface area contributed by atoms with Gasteiger partial charge in [-0.1, -0.05) is 35.9 Å². The molecule has 1 fully saturated rings. The average Bonchev–Trinajstić information content (AvgIpc) is 2.71. The van der Waals surface area contributed by atoms with Gasteiger partial charge in [-0.3, -0.25) is 0 Å². The minimum Gasteiger partial charge on any atom is -0.385 e. The van der Waals surface area contributed by atoms with E-state index in [1.165, 1.54) is 11.1 Å². The van der Waals surface area contributed by atoms with Gasteiger partial charge in [-0.2, -0.15) is 0 Å². The Morgan fingerprint density at radius 2 is 1.90 bits per heavy atom. The van der Waals surface area contributed by atoms with Crippen LogP contribution in [0, 0.1) is 26.2 Å². The molecule has 0 spiro atoms. The zero-order chi connectivity index (χ0) is 22.4. The molecule has 164 valence electrons. The second-order valence-corrected chi connectivity index (χ2v) is 9.58. The molecule has 4 N–H and O–H groups in total. The largest absolute Gasteiger partial charge is 0.385 e. The van der Waals surface area contributed by atoms with Crippen molar-refractivity contribution in [1.82, 2.24) is 9.97 Å². The van der Waals surface area contributed by atoms with E-state index in [1.807, 2.05) is 26.0 Å². The number of aliphatic hydroxyl groups is 1. The van der Waals surface area contributed by atoms with Crippen molar-refractivity contribution in [2.45, 2.75) is 52.2 Å². The highest BCUT2D eigenvalue weighted by Crippen LogP contribution is 2.54. The minimum atomic E-state index is -0.919. The van der Waals surface area contributed by atoms with Crippen molar-refractivity contribution in [3.8, 4) is 0 Å².